The van der Waals surface area contributed by atoms with Gasteiger partial charge in [0.05, 0.1) is 19.4 Å². The molecule has 2 rings (SSSR count). The van der Waals surface area contributed by atoms with Crippen LogP contribution in [0.4, 0.5) is 24.7 Å². The number of pyridine rings is 1. The number of ether oxygens (including phenoxy) is 2. The first-order valence-electron chi connectivity index (χ1n) is 6.60. The quantitative estimate of drug-likeness (QED) is 0.853. The number of carbonyl (C=O) groups is 1. The summed E-state index contributed by atoms with van der Waals surface area (Å²) >= 11 is 0. The molecule has 122 valence electrons. The molecular formula is C15H13F3N2O3. The van der Waals surface area contributed by atoms with E-state index in [0.29, 0.717) is 6.07 Å². The Hall–Kier alpha value is -2.77. The molecule has 0 aliphatic carbocycles. The topological polar surface area (TPSA) is 60.5 Å². The Morgan fingerprint density at radius 3 is 2.57 bits per heavy atom. The molecule has 2 aromatic rings. The summed E-state index contributed by atoms with van der Waals surface area (Å²) in [6, 6.07) is 3.67. The van der Waals surface area contributed by atoms with Gasteiger partial charge in [0.15, 0.2) is 5.82 Å². The first-order valence-corrected chi connectivity index (χ1v) is 6.60. The predicted octanol–water partition coefficient (Wildman–Crippen LogP) is 3.43. The number of halogens is 3. The number of esters is 1. The lowest BCUT2D eigenvalue weighted by Crippen LogP contribution is -2.11. The van der Waals surface area contributed by atoms with E-state index in [9.17, 15) is 18.0 Å². The first kappa shape index (κ1) is 16.6. The highest BCUT2D eigenvalue weighted by Gasteiger charge is 2.20. The van der Waals surface area contributed by atoms with Gasteiger partial charge < -0.3 is 14.8 Å². The lowest BCUT2D eigenvalue weighted by molar-refractivity contribution is 0.0526. The van der Waals surface area contributed by atoms with Crippen molar-refractivity contribution >= 4 is 17.5 Å². The molecule has 0 amide bonds. The Bertz CT molecular complexity index is 738. The van der Waals surface area contributed by atoms with Gasteiger partial charge in [-0.1, -0.05) is 0 Å². The lowest BCUT2D eigenvalue weighted by Gasteiger charge is -2.13. The second-order valence-corrected chi connectivity index (χ2v) is 4.35. The molecule has 23 heavy (non-hydrogen) atoms. The van der Waals surface area contributed by atoms with Crippen LogP contribution in [-0.4, -0.2) is 24.7 Å². The van der Waals surface area contributed by atoms with Gasteiger partial charge in [0.1, 0.15) is 23.0 Å². The third kappa shape index (κ3) is 3.71. The van der Waals surface area contributed by atoms with Crippen LogP contribution in [0.2, 0.25) is 0 Å². The van der Waals surface area contributed by atoms with E-state index in [1.807, 2.05) is 0 Å². The predicted molar refractivity (Wildman–Crippen MR) is 76.3 cm³/mol. The molecule has 0 atom stereocenters. The zero-order valence-electron chi connectivity index (χ0n) is 12.3. The third-order valence-corrected chi connectivity index (χ3v) is 2.82. The molecule has 0 radical (unpaired) electrons. The van der Waals surface area contributed by atoms with Gasteiger partial charge >= 0.3 is 5.97 Å². The van der Waals surface area contributed by atoms with Crippen LogP contribution in [0, 0.1) is 17.5 Å². The summed E-state index contributed by atoms with van der Waals surface area (Å²) in [6.07, 6.45) is 0. The van der Waals surface area contributed by atoms with Gasteiger partial charge in [-0.2, -0.15) is 4.98 Å². The number of benzene rings is 1. The van der Waals surface area contributed by atoms with Crippen molar-refractivity contribution in [3.8, 4) is 5.88 Å². The molecule has 0 unspecified atom stereocenters. The molecule has 0 aliphatic rings. The van der Waals surface area contributed by atoms with Crippen molar-refractivity contribution in [2.75, 3.05) is 19.0 Å². The Labute approximate surface area is 130 Å². The summed E-state index contributed by atoms with van der Waals surface area (Å²) in [5.74, 6) is -3.93. The van der Waals surface area contributed by atoms with E-state index in [0.717, 1.165) is 18.2 Å². The number of nitrogens with one attached hydrogen (secondary N) is 1. The smallest absolute Gasteiger partial charge is 0.342 e. The number of hydrogen-bond donors (Lipinski definition) is 1. The van der Waals surface area contributed by atoms with Gasteiger partial charge in [-0.3, -0.25) is 0 Å². The van der Waals surface area contributed by atoms with Gasteiger partial charge in [0, 0.05) is 6.07 Å². The molecule has 8 heteroatoms. The highest BCUT2D eigenvalue weighted by molar-refractivity contribution is 5.95. The Balaban J connectivity index is 2.47. The molecule has 0 aliphatic heterocycles. The van der Waals surface area contributed by atoms with Crippen molar-refractivity contribution in [2.45, 2.75) is 6.92 Å². The fourth-order valence-corrected chi connectivity index (χ4v) is 1.79. The number of anilines is 2. The van der Waals surface area contributed by atoms with Gasteiger partial charge in [-0.15, -0.1) is 0 Å². The van der Waals surface area contributed by atoms with Crippen molar-refractivity contribution in [3.05, 3.63) is 47.3 Å². The standard InChI is InChI=1S/C15H13F3N2O3/c1-3-23-15(21)9-7-11(18)14(22-2)20-13(9)19-12-5-4-8(16)6-10(12)17/h4-7H,3H2,1-2H3,(H,19,20). The van der Waals surface area contributed by atoms with Gasteiger partial charge in [0.25, 0.3) is 5.88 Å². The fourth-order valence-electron chi connectivity index (χ4n) is 1.79. The lowest BCUT2D eigenvalue weighted by atomic mass is 10.2. The van der Waals surface area contributed by atoms with Crippen LogP contribution >= 0.6 is 0 Å². The van der Waals surface area contributed by atoms with Crippen molar-refractivity contribution in [1.29, 1.82) is 0 Å². The minimum Gasteiger partial charge on any atom is -0.479 e. The number of carbonyl (C=O) groups excluding carboxylic acids is 1. The van der Waals surface area contributed by atoms with Crippen LogP contribution in [0.1, 0.15) is 17.3 Å². The van der Waals surface area contributed by atoms with E-state index in [1.165, 1.54) is 7.11 Å². The van der Waals surface area contributed by atoms with Crippen LogP contribution in [0.3, 0.4) is 0 Å². The molecule has 1 N–H and O–H groups in total. The number of nitrogens with zero attached hydrogens (tertiary/aromatic N) is 1. The van der Waals surface area contributed by atoms with Crippen LogP contribution < -0.4 is 10.1 Å². The Morgan fingerprint density at radius 2 is 1.96 bits per heavy atom. The zero-order valence-corrected chi connectivity index (χ0v) is 12.3. The summed E-state index contributed by atoms with van der Waals surface area (Å²) in [5.41, 5.74) is -0.382. The first-order chi connectivity index (χ1) is 11.0. The second kappa shape index (κ2) is 6.99. The summed E-state index contributed by atoms with van der Waals surface area (Å²) < 4.78 is 50.0. The molecular weight excluding hydrogens is 313 g/mol. The van der Waals surface area contributed by atoms with Gasteiger partial charge in [-0.05, 0) is 25.1 Å². The number of methoxy groups -OCH3 is 1. The number of rotatable bonds is 5. The van der Waals surface area contributed by atoms with Crippen molar-refractivity contribution in [1.82, 2.24) is 4.98 Å². The highest BCUT2D eigenvalue weighted by Crippen LogP contribution is 2.27. The van der Waals surface area contributed by atoms with Crippen molar-refractivity contribution in [2.24, 2.45) is 0 Å². The molecule has 1 heterocycles. The maximum absolute atomic E-state index is 13.8. The molecule has 0 saturated heterocycles. The molecule has 5 nitrogen and oxygen atoms in total. The fraction of sp³-hybridized carbons (Fsp3) is 0.200. The number of aromatic nitrogens is 1. The molecule has 0 fully saturated rings. The normalized spacial score (nSPS) is 10.3. The van der Waals surface area contributed by atoms with Gasteiger partial charge in [0.2, 0.25) is 0 Å². The summed E-state index contributed by atoms with van der Waals surface area (Å²) in [7, 11) is 1.19. The van der Waals surface area contributed by atoms with E-state index in [2.05, 4.69) is 10.3 Å². The van der Waals surface area contributed by atoms with E-state index in [1.54, 1.807) is 6.92 Å². The summed E-state index contributed by atoms with van der Waals surface area (Å²) in [5, 5.41) is 2.51. The average Bonchev–Trinajstić information content (AvgIpc) is 2.51. The molecule has 1 aromatic heterocycles. The minimum absolute atomic E-state index is 0.0663. The molecule has 1 aromatic carbocycles. The van der Waals surface area contributed by atoms with E-state index >= 15 is 0 Å². The van der Waals surface area contributed by atoms with E-state index in [-0.39, 0.29) is 29.6 Å². The highest BCUT2D eigenvalue weighted by atomic mass is 19.1. The summed E-state index contributed by atoms with van der Waals surface area (Å²) in [6.45, 7) is 1.65. The van der Waals surface area contributed by atoms with Crippen molar-refractivity contribution < 1.29 is 27.4 Å². The van der Waals surface area contributed by atoms with E-state index < -0.39 is 23.4 Å². The Kier molecular flexibility index (Phi) is 5.05. The minimum atomic E-state index is -0.898. The van der Waals surface area contributed by atoms with Crippen LogP contribution in [0.5, 0.6) is 5.88 Å². The average molecular weight is 326 g/mol. The molecule has 0 saturated carbocycles. The largest absolute Gasteiger partial charge is 0.479 e. The molecule has 0 spiro atoms. The maximum atomic E-state index is 13.8. The Morgan fingerprint density at radius 1 is 1.22 bits per heavy atom. The monoisotopic (exact) mass is 326 g/mol. The molecule has 0 bridgehead atoms. The van der Waals surface area contributed by atoms with Crippen LogP contribution in [0.15, 0.2) is 24.3 Å². The second-order valence-electron chi connectivity index (χ2n) is 4.35. The third-order valence-electron chi connectivity index (χ3n) is 2.82. The van der Waals surface area contributed by atoms with Crippen LogP contribution in [-0.2, 0) is 4.74 Å². The van der Waals surface area contributed by atoms with Gasteiger partial charge in [-0.25, -0.2) is 18.0 Å². The zero-order chi connectivity index (χ0) is 17.0. The van der Waals surface area contributed by atoms with E-state index in [4.69, 9.17) is 9.47 Å². The van der Waals surface area contributed by atoms with Crippen LogP contribution in [0.25, 0.3) is 0 Å². The SMILES string of the molecule is CCOC(=O)c1cc(F)c(OC)nc1Nc1ccc(F)cc1F. The summed E-state index contributed by atoms with van der Waals surface area (Å²) in [4.78, 5) is 15.7. The van der Waals surface area contributed by atoms with Crippen molar-refractivity contribution in [3.63, 3.8) is 0 Å². The number of hydrogen-bond acceptors (Lipinski definition) is 5. The maximum Gasteiger partial charge on any atom is 0.342 e.